The van der Waals surface area contributed by atoms with Crippen LogP contribution in [0.25, 0.3) is 0 Å². The van der Waals surface area contributed by atoms with Crippen molar-refractivity contribution < 1.29 is 32.6 Å². The smallest absolute Gasteiger partial charge is 0.370 e. The number of nitro groups is 2. The minimum Gasteiger partial charge on any atom is -0.370 e. The van der Waals surface area contributed by atoms with E-state index < -0.39 is 33.4 Å². The van der Waals surface area contributed by atoms with Crippen molar-refractivity contribution in [3.63, 3.8) is 0 Å². The molecule has 1 fully saturated rings. The maximum absolute atomic E-state index is 13.1. The lowest BCUT2D eigenvalue weighted by molar-refractivity contribution is -0.385. The topological polar surface area (TPSA) is 162 Å². The molecule has 0 bridgehead atoms. The predicted octanol–water partition coefficient (Wildman–Crippen LogP) is 5.55. The fourth-order valence-electron chi connectivity index (χ4n) is 3.90. The number of piperidine rings is 1. The van der Waals surface area contributed by atoms with Gasteiger partial charge in [-0.1, -0.05) is 0 Å². The van der Waals surface area contributed by atoms with Gasteiger partial charge in [0.05, 0.1) is 26.8 Å². The lowest BCUT2D eigenvalue weighted by atomic mass is 10.1. The summed E-state index contributed by atoms with van der Waals surface area (Å²) in [6, 6.07) is 13.3. The van der Waals surface area contributed by atoms with E-state index in [9.17, 15) is 43.0 Å². The van der Waals surface area contributed by atoms with E-state index in [2.05, 4.69) is 5.32 Å². The van der Waals surface area contributed by atoms with Gasteiger partial charge in [-0.3, -0.25) is 29.8 Å². The molecule has 1 saturated heterocycles. The van der Waals surface area contributed by atoms with Gasteiger partial charge in [-0.25, -0.2) is 0 Å². The normalized spacial score (nSPS) is 13.0. The highest BCUT2D eigenvalue weighted by Crippen LogP contribution is 2.36. The maximum Gasteiger partial charge on any atom is 0.416 e. The van der Waals surface area contributed by atoms with Crippen LogP contribution in [0.1, 0.15) is 45.5 Å². The number of nitrogens with two attached hydrogens (primary N) is 1. The summed E-state index contributed by atoms with van der Waals surface area (Å²) in [5.74, 6) is -1.22. The number of hydrogen-bond acceptors (Lipinski definition) is 7. The lowest BCUT2D eigenvalue weighted by Gasteiger charge is -2.31. The molecular formula is C26H24F3N5O6. The molecule has 1 aliphatic heterocycles. The largest absolute Gasteiger partial charge is 0.416 e. The van der Waals surface area contributed by atoms with Crippen molar-refractivity contribution >= 4 is 34.6 Å². The van der Waals surface area contributed by atoms with Gasteiger partial charge in [-0.2, -0.15) is 13.2 Å². The van der Waals surface area contributed by atoms with E-state index in [1.165, 1.54) is 54.6 Å². The number of hydrogen-bond donors (Lipinski definition) is 2. The number of benzene rings is 3. The average Bonchev–Trinajstić information content (AvgIpc) is 2.93. The summed E-state index contributed by atoms with van der Waals surface area (Å²) in [6.07, 6.45) is -1.62. The van der Waals surface area contributed by atoms with E-state index >= 15 is 0 Å². The number of amides is 2. The molecule has 1 aliphatic rings. The molecule has 0 aliphatic carbocycles. The average molecular weight is 560 g/mol. The Morgan fingerprint density at radius 1 is 0.800 bits per heavy atom. The summed E-state index contributed by atoms with van der Waals surface area (Å²) >= 11 is 0. The van der Waals surface area contributed by atoms with Crippen LogP contribution in [-0.4, -0.2) is 34.8 Å². The van der Waals surface area contributed by atoms with Crippen LogP contribution in [0.15, 0.2) is 66.7 Å². The number of nitrogens with zero attached hydrogens (tertiary/aromatic N) is 3. The van der Waals surface area contributed by atoms with Crippen molar-refractivity contribution in [3.05, 3.63) is 104 Å². The molecule has 3 aromatic rings. The third-order valence-corrected chi connectivity index (χ3v) is 5.97. The van der Waals surface area contributed by atoms with E-state index in [-0.39, 0.29) is 28.2 Å². The van der Waals surface area contributed by atoms with Gasteiger partial charge in [-0.05, 0) is 61.7 Å². The fraction of sp³-hybridized carbons (Fsp3) is 0.231. The van der Waals surface area contributed by atoms with E-state index in [4.69, 9.17) is 5.73 Å². The summed E-state index contributed by atoms with van der Waals surface area (Å²) in [7, 11) is 0. The van der Waals surface area contributed by atoms with Gasteiger partial charge in [0.2, 0.25) is 5.91 Å². The zero-order valence-electron chi connectivity index (χ0n) is 20.9. The molecular weight excluding hydrogens is 535 g/mol. The molecule has 0 radical (unpaired) electrons. The zero-order valence-corrected chi connectivity index (χ0v) is 20.9. The highest BCUT2D eigenvalue weighted by atomic mass is 19.4. The Balaban J connectivity index is 0.000000307. The molecule has 4 rings (SSSR count). The van der Waals surface area contributed by atoms with Gasteiger partial charge in [0.25, 0.3) is 17.3 Å². The van der Waals surface area contributed by atoms with Crippen LogP contribution in [0.5, 0.6) is 0 Å². The third kappa shape index (κ3) is 7.75. The predicted molar refractivity (Wildman–Crippen MR) is 140 cm³/mol. The van der Waals surface area contributed by atoms with Crippen LogP contribution >= 0.6 is 0 Å². The Hall–Kier alpha value is -5.01. The van der Waals surface area contributed by atoms with E-state index in [0.29, 0.717) is 18.8 Å². The second kappa shape index (κ2) is 12.7. The van der Waals surface area contributed by atoms with Crippen LogP contribution in [0.2, 0.25) is 0 Å². The monoisotopic (exact) mass is 559 g/mol. The van der Waals surface area contributed by atoms with Crippen molar-refractivity contribution in [3.8, 4) is 0 Å². The van der Waals surface area contributed by atoms with E-state index in [1.807, 2.05) is 4.90 Å². The molecule has 0 atom stereocenters. The highest BCUT2D eigenvalue weighted by molar-refractivity contribution is 6.06. The Kier molecular flexibility index (Phi) is 9.37. The molecule has 0 saturated carbocycles. The number of primary amides is 1. The first-order valence-electron chi connectivity index (χ1n) is 11.9. The fourth-order valence-corrected chi connectivity index (χ4v) is 3.90. The van der Waals surface area contributed by atoms with Gasteiger partial charge >= 0.3 is 6.18 Å². The number of non-ortho nitro benzene ring substituents is 2. The number of alkyl halides is 3. The first-order valence-corrected chi connectivity index (χ1v) is 11.9. The van der Waals surface area contributed by atoms with Crippen LogP contribution in [0.4, 0.5) is 35.9 Å². The lowest BCUT2D eigenvalue weighted by Crippen LogP contribution is -2.30. The van der Waals surface area contributed by atoms with Crippen LogP contribution in [0.3, 0.4) is 0 Å². The molecule has 1 heterocycles. The summed E-state index contributed by atoms with van der Waals surface area (Å²) < 4.78 is 39.4. The highest BCUT2D eigenvalue weighted by Gasteiger charge is 2.32. The standard InChI is InChI=1S/C19H18F3N3O3.C7H6N2O3/c20-19(21,22)14-6-9-17(24-10-2-1-3-11-24)16(12-14)23-18(26)13-4-7-15(8-5-13)25(27)28;8-7(10)5-1-3-6(4-2-5)9(11)12/h4-9,12H,1-3,10-11H2,(H,23,26);1-4H,(H2,8,10). The summed E-state index contributed by atoms with van der Waals surface area (Å²) in [5, 5.41) is 23.4. The summed E-state index contributed by atoms with van der Waals surface area (Å²) in [6.45, 7) is 1.40. The second-order valence-corrected chi connectivity index (χ2v) is 8.70. The first-order chi connectivity index (χ1) is 18.9. The Bertz CT molecular complexity index is 1360. The molecule has 2 amide bonds. The maximum atomic E-state index is 13.1. The van der Waals surface area contributed by atoms with Crippen molar-refractivity contribution in [2.45, 2.75) is 25.4 Å². The molecule has 11 nitrogen and oxygen atoms in total. The van der Waals surface area contributed by atoms with Crippen molar-refractivity contribution in [1.29, 1.82) is 0 Å². The number of rotatable bonds is 6. The summed E-state index contributed by atoms with van der Waals surface area (Å²) in [4.78, 5) is 44.8. The van der Waals surface area contributed by atoms with Crippen molar-refractivity contribution in [2.24, 2.45) is 5.73 Å². The van der Waals surface area contributed by atoms with Gasteiger partial charge in [0, 0.05) is 48.5 Å². The number of anilines is 2. The summed E-state index contributed by atoms with van der Waals surface area (Å²) in [5.41, 5.74) is 4.83. The van der Waals surface area contributed by atoms with Gasteiger partial charge in [-0.15, -0.1) is 0 Å². The number of halogens is 3. The minimum absolute atomic E-state index is 0.0556. The number of nitrogens with one attached hydrogen (secondary N) is 1. The van der Waals surface area contributed by atoms with Crippen LogP contribution in [0, 0.1) is 20.2 Å². The third-order valence-electron chi connectivity index (χ3n) is 5.97. The number of nitro benzene ring substituents is 2. The molecule has 3 N–H and O–H groups in total. The van der Waals surface area contributed by atoms with Gasteiger partial charge in [0.15, 0.2) is 0 Å². The SMILES string of the molecule is NC(=O)c1ccc([N+](=O)[O-])cc1.O=C(Nc1cc(C(F)(F)F)ccc1N1CCCCC1)c1ccc([N+](=O)[O-])cc1. The van der Waals surface area contributed by atoms with Gasteiger partial charge in [0.1, 0.15) is 0 Å². The van der Waals surface area contributed by atoms with Gasteiger partial charge < -0.3 is 16.0 Å². The number of carbonyl (C=O) groups excluding carboxylic acids is 2. The van der Waals surface area contributed by atoms with Crippen molar-refractivity contribution in [2.75, 3.05) is 23.3 Å². The zero-order chi connectivity index (χ0) is 29.4. The molecule has 0 aromatic heterocycles. The van der Waals surface area contributed by atoms with Crippen LogP contribution in [-0.2, 0) is 6.18 Å². The Morgan fingerprint density at radius 3 is 1.75 bits per heavy atom. The minimum atomic E-state index is -4.53. The molecule has 3 aromatic carbocycles. The number of carbonyl (C=O) groups is 2. The van der Waals surface area contributed by atoms with Crippen LogP contribution < -0.4 is 16.0 Å². The first kappa shape index (κ1) is 29.5. The molecule has 40 heavy (non-hydrogen) atoms. The van der Waals surface area contributed by atoms with E-state index in [0.717, 1.165) is 31.4 Å². The Labute approximate surface area is 225 Å². The van der Waals surface area contributed by atoms with Crippen molar-refractivity contribution in [1.82, 2.24) is 0 Å². The van der Waals surface area contributed by atoms with E-state index in [1.54, 1.807) is 0 Å². The molecule has 210 valence electrons. The molecule has 0 spiro atoms. The Morgan fingerprint density at radius 2 is 1.30 bits per heavy atom. The molecule has 14 heteroatoms. The quantitative estimate of drug-likeness (QED) is 0.295. The molecule has 0 unspecified atom stereocenters. The second-order valence-electron chi connectivity index (χ2n) is 8.70.